The van der Waals surface area contributed by atoms with E-state index in [2.05, 4.69) is 20.9 Å². The van der Waals surface area contributed by atoms with Crippen molar-refractivity contribution in [3.8, 4) is 0 Å². The van der Waals surface area contributed by atoms with Gasteiger partial charge in [-0.25, -0.2) is 27.3 Å². The molecule has 0 amide bonds. The molecule has 2 aromatic carbocycles. The van der Waals surface area contributed by atoms with Crippen molar-refractivity contribution >= 4 is 32.9 Å². The lowest BCUT2D eigenvalue weighted by atomic mass is 10.1. The van der Waals surface area contributed by atoms with Gasteiger partial charge < -0.3 is 14.0 Å². The van der Waals surface area contributed by atoms with E-state index in [1.807, 2.05) is 0 Å². The Hall–Kier alpha value is -2.46. The van der Waals surface area contributed by atoms with Crippen LogP contribution in [0, 0.1) is 23.3 Å². The number of halogens is 5. The minimum absolute atomic E-state index is 0.0287. The first kappa shape index (κ1) is 22.2. The van der Waals surface area contributed by atoms with Gasteiger partial charge in [0.05, 0.1) is 28.8 Å². The molecule has 0 fully saturated rings. The maximum atomic E-state index is 14.6. The maximum Gasteiger partial charge on any atom is 0.338 e. The van der Waals surface area contributed by atoms with Crippen molar-refractivity contribution in [2.45, 2.75) is 19.9 Å². The summed E-state index contributed by atoms with van der Waals surface area (Å²) in [6.07, 6.45) is -0.436. The lowest BCUT2D eigenvalue weighted by Crippen LogP contribution is -2.11. The van der Waals surface area contributed by atoms with Gasteiger partial charge in [0.15, 0.2) is 17.5 Å². The summed E-state index contributed by atoms with van der Waals surface area (Å²) in [5.74, 6) is -5.00. The van der Waals surface area contributed by atoms with Crippen LogP contribution in [0.15, 0.2) is 22.7 Å². The molecule has 0 aliphatic rings. The molecular formula is C20H17BrF4N2O3. The average molecular weight is 489 g/mol. The highest BCUT2D eigenvalue weighted by Crippen LogP contribution is 2.28. The first-order valence-electron chi connectivity index (χ1n) is 8.95. The quantitative estimate of drug-likeness (QED) is 0.208. The van der Waals surface area contributed by atoms with Crippen LogP contribution in [-0.2, 0) is 22.4 Å². The maximum absolute atomic E-state index is 14.6. The summed E-state index contributed by atoms with van der Waals surface area (Å²) in [5.41, 5.74) is -0.439. The number of fused-ring (bicyclic) bond motifs is 1. The van der Waals surface area contributed by atoms with Gasteiger partial charge in [0, 0.05) is 25.6 Å². The van der Waals surface area contributed by atoms with E-state index < -0.39 is 41.2 Å². The van der Waals surface area contributed by atoms with E-state index in [9.17, 15) is 22.4 Å². The lowest BCUT2D eigenvalue weighted by Gasteiger charge is -2.11. The Balaban J connectivity index is 2.16. The zero-order valence-corrected chi connectivity index (χ0v) is 17.7. The van der Waals surface area contributed by atoms with Gasteiger partial charge in [-0.15, -0.1) is 0 Å². The van der Waals surface area contributed by atoms with Crippen LogP contribution in [0.25, 0.3) is 11.0 Å². The fourth-order valence-electron chi connectivity index (χ4n) is 3.05. The number of rotatable bonds is 7. The lowest BCUT2D eigenvalue weighted by molar-refractivity contribution is 0.0526. The molecule has 0 saturated heterocycles. The van der Waals surface area contributed by atoms with E-state index in [1.54, 1.807) is 6.92 Å². The van der Waals surface area contributed by atoms with Gasteiger partial charge in [-0.1, -0.05) is 0 Å². The molecule has 30 heavy (non-hydrogen) atoms. The van der Waals surface area contributed by atoms with E-state index in [-0.39, 0.29) is 46.7 Å². The molecule has 0 aliphatic heterocycles. The summed E-state index contributed by atoms with van der Waals surface area (Å²) >= 11 is 2.75. The normalized spacial score (nSPS) is 11.3. The molecule has 0 bridgehead atoms. The highest BCUT2D eigenvalue weighted by Gasteiger charge is 2.23. The smallest absolute Gasteiger partial charge is 0.338 e. The van der Waals surface area contributed by atoms with Crippen LogP contribution in [0.5, 0.6) is 0 Å². The van der Waals surface area contributed by atoms with Gasteiger partial charge >= 0.3 is 5.97 Å². The minimum atomic E-state index is -1.36. The van der Waals surface area contributed by atoms with Gasteiger partial charge in [-0.2, -0.15) is 0 Å². The number of nitrogens with zero attached hydrogens (tertiary/aromatic N) is 2. The highest BCUT2D eigenvalue weighted by atomic mass is 79.9. The molecule has 3 aromatic rings. The van der Waals surface area contributed by atoms with Crippen molar-refractivity contribution < 1.29 is 31.8 Å². The van der Waals surface area contributed by atoms with Crippen LogP contribution in [0.2, 0.25) is 0 Å². The number of aromatic nitrogens is 2. The number of benzene rings is 2. The Kier molecular flexibility index (Phi) is 6.77. The van der Waals surface area contributed by atoms with Crippen LogP contribution in [0.4, 0.5) is 17.6 Å². The molecule has 0 saturated carbocycles. The fourth-order valence-corrected chi connectivity index (χ4v) is 3.43. The second kappa shape index (κ2) is 9.13. The van der Waals surface area contributed by atoms with Crippen LogP contribution in [0.1, 0.15) is 28.7 Å². The summed E-state index contributed by atoms with van der Waals surface area (Å²) < 4.78 is 68.3. The molecule has 0 N–H and O–H groups in total. The molecule has 0 atom stereocenters. The molecular weight excluding hydrogens is 472 g/mol. The minimum Gasteiger partial charge on any atom is -0.462 e. The summed E-state index contributed by atoms with van der Waals surface area (Å²) in [7, 11) is 1.45. The summed E-state index contributed by atoms with van der Waals surface area (Å²) in [4.78, 5) is 16.2. The molecule has 1 aromatic heterocycles. The zero-order valence-electron chi connectivity index (χ0n) is 16.1. The Morgan fingerprint density at radius 1 is 1.13 bits per heavy atom. The summed E-state index contributed by atoms with van der Waals surface area (Å²) in [5, 5.41) is 0. The molecule has 5 nitrogen and oxygen atoms in total. The first-order valence-corrected chi connectivity index (χ1v) is 9.74. The predicted octanol–water partition coefficient (Wildman–Crippen LogP) is 4.77. The average Bonchev–Trinajstić information content (AvgIpc) is 3.06. The molecule has 0 radical (unpaired) electrons. The molecule has 160 valence electrons. The third-order valence-electron chi connectivity index (χ3n) is 4.46. The number of ether oxygens (including phenoxy) is 2. The summed E-state index contributed by atoms with van der Waals surface area (Å²) in [6.45, 7) is 2.08. The molecule has 10 heteroatoms. The van der Waals surface area contributed by atoms with Crippen molar-refractivity contribution in [1.82, 2.24) is 9.55 Å². The van der Waals surface area contributed by atoms with Crippen LogP contribution in [0.3, 0.4) is 0 Å². The van der Waals surface area contributed by atoms with E-state index in [4.69, 9.17) is 9.47 Å². The third-order valence-corrected chi connectivity index (χ3v) is 5.04. The predicted molar refractivity (Wildman–Crippen MR) is 104 cm³/mol. The number of imidazole rings is 1. The van der Waals surface area contributed by atoms with Gasteiger partial charge in [0.2, 0.25) is 0 Å². The number of hydrogen-bond acceptors (Lipinski definition) is 4. The molecule has 1 heterocycles. The third kappa shape index (κ3) is 4.20. The second-order valence-corrected chi connectivity index (χ2v) is 7.20. The Morgan fingerprint density at radius 2 is 1.87 bits per heavy atom. The van der Waals surface area contributed by atoms with Crippen molar-refractivity contribution in [2.75, 3.05) is 20.3 Å². The number of carbonyl (C=O) groups is 1. The fraction of sp³-hybridized carbons (Fsp3) is 0.300. The Bertz CT molecular complexity index is 1120. The molecule has 3 rings (SSSR count). The summed E-state index contributed by atoms with van der Waals surface area (Å²) in [6, 6.07) is 3.19. The standard InChI is InChI=1S/C20H17BrF4N2O3/c1-3-30-20(28)10-6-14(23)19-15(7-10)27(4-5-29-2)16(26-19)8-11-13(22)9-12(21)18(25)17(11)24/h6-7,9H,3-5,8H2,1-2H3. The SMILES string of the molecule is CCOC(=O)c1cc(F)c2nc(Cc3c(F)cc(Br)c(F)c3F)n(CCOC)c2c1. The number of esters is 1. The zero-order chi connectivity index (χ0) is 22.0. The largest absolute Gasteiger partial charge is 0.462 e. The van der Waals surface area contributed by atoms with Crippen LogP contribution >= 0.6 is 15.9 Å². The van der Waals surface area contributed by atoms with Gasteiger partial charge in [-0.05, 0) is 41.1 Å². The molecule has 0 spiro atoms. The van der Waals surface area contributed by atoms with E-state index >= 15 is 0 Å². The van der Waals surface area contributed by atoms with Gasteiger partial charge in [-0.3, -0.25) is 0 Å². The van der Waals surface area contributed by atoms with E-state index in [0.29, 0.717) is 0 Å². The topological polar surface area (TPSA) is 53.3 Å². The second-order valence-electron chi connectivity index (χ2n) is 6.34. The molecule has 0 aliphatic carbocycles. The van der Waals surface area contributed by atoms with Gasteiger partial charge in [0.1, 0.15) is 17.2 Å². The monoisotopic (exact) mass is 488 g/mol. The van der Waals surface area contributed by atoms with Crippen molar-refractivity contribution in [3.05, 3.63) is 62.9 Å². The van der Waals surface area contributed by atoms with E-state index in [1.165, 1.54) is 17.7 Å². The van der Waals surface area contributed by atoms with Gasteiger partial charge in [0.25, 0.3) is 0 Å². The van der Waals surface area contributed by atoms with E-state index in [0.717, 1.165) is 12.1 Å². The number of carbonyl (C=O) groups excluding carboxylic acids is 1. The van der Waals surface area contributed by atoms with Crippen LogP contribution < -0.4 is 0 Å². The Labute approximate surface area is 177 Å². The Morgan fingerprint density at radius 3 is 2.53 bits per heavy atom. The van der Waals surface area contributed by atoms with Crippen molar-refractivity contribution in [3.63, 3.8) is 0 Å². The first-order chi connectivity index (χ1) is 14.3. The molecule has 0 unspecified atom stereocenters. The highest BCUT2D eigenvalue weighted by molar-refractivity contribution is 9.10. The van der Waals surface area contributed by atoms with Crippen molar-refractivity contribution in [1.29, 1.82) is 0 Å². The van der Waals surface area contributed by atoms with Crippen LogP contribution in [-0.4, -0.2) is 35.8 Å². The van der Waals surface area contributed by atoms with Crippen molar-refractivity contribution in [2.24, 2.45) is 0 Å². The number of hydrogen-bond donors (Lipinski definition) is 0. The number of methoxy groups -OCH3 is 1.